The molecule has 1 aromatic carbocycles. The molecule has 0 bridgehead atoms. The van der Waals surface area contributed by atoms with E-state index in [1.807, 2.05) is 0 Å². The van der Waals surface area contributed by atoms with Crippen LogP contribution in [0, 0.1) is 0 Å². The summed E-state index contributed by atoms with van der Waals surface area (Å²) in [4.78, 5) is 13.4. The molecule has 1 amide bonds. The zero-order valence-electron chi connectivity index (χ0n) is 16.0. The number of likely N-dealkylation sites (N-methyl/N-ethyl adjacent to an activating group) is 2. The molecule has 10 heteroatoms. The van der Waals surface area contributed by atoms with Gasteiger partial charge in [-0.05, 0) is 19.2 Å². The van der Waals surface area contributed by atoms with E-state index in [0.29, 0.717) is 6.42 Å². The van der Waals surface area contributed by atoms with Gasteiger partial charge in [0.25, 0.3) is 0 Å². The van der Waals surface area contributed by atoms with Gasteiger partial charge in [-0.15, -0.1) is 0 Å². The Morgan fingerprint density at radius 1 is 1.26 bits per heavy atom. The third-order valence-electron chi connectivity index (χ3n) is 4.77. The van der Waals surface area contributed by atoms with Crippen molar-refractivity contribution in [1.29, 1.82) is 0 Å². The van der Waals surface area contributed by atoms with Gasteiger partial charge in [0.1, 0.15) is 0 Å². The van der Waals surface area contributed by atoms with E-state index in [9.17, 15) is 18.3 Å². The van der Waals surface area contributed by atoms with Crippen molar-refractivity contribution in [2.45, 2.75) is 13.3 Å². The smallest absolute Gasteiger partial charge is 0.233 e. The number of halogens is 1. The van der Waals surface area contributed by atoms with E-state index < -0.39 is 10.0 Å². The SMILES string of the molecule is CC(=O)Nc1cccc(NS(=O)(=O)CCC[N+]2(C)CCN(C)CC2)c1O.[Cl-]. The molecule has 2 rings (SSSR count). The van der Waals surface area contributed by atoms with Gasteiger partial charge in [-0.2, -0.15) is 0 Å². The molecule has 154 valence electrons. The van der Waals surface area contributed by atoms with Crippen LogP contribution in [0.25, 0.3) is 0 Å². The number of phenols is 1. The Balaban J connectivity index is 0.00000364. The summed E-state index contributed by atoms with van der Waals surface area (Å²) in [6.45, 7) is 6.19. The van der Waals surface area contributed by atoms with Gasteiger partial charge in [0.15, 0.2) is 5.75 Å². The third-order valence-corrected chi connectivity index (χ3v) is 6.12. The number of para-hydroxylation sites is 1. The first-order valence-corrected chi connectivity index (χ1v) is 10.4. The number of anilines is 2. The van der Waals surface area contributed by atoms with E-state index in [2.05, 4.69) is 29.0 Å². The van der Waals surface area contributed by atoms with E-state index in [1.165, 1.54) is 19.1 Å². The number of carbonyl (C=O) groups is 1. The Morgan fingerprint density at radius 3 is 2.44 bits per heavy atom. The average Bonchev–Trinajstić information content (AvgIpc) is 2.53. The largest absolute Gasteiger partial charge is 1.00 e. The van der Waals surface area contributed by atoms with Gasteiger partial charge >= 0.3 is 0 Å². The van der Waals surface area contributed by atoms with Crippen LogP contribution in [0.4, 0.5) is 11.4 Å². The molecule has 27 heavy (non-hydrogen) atoms. The van der Waals surface area contributed by atoms with Crippen LogP contribution in [0.3, 0.4) is 0 Å². The summed E-state index contributed by atoms with van der Waals surface area (Å²) in [7, 11) is 0.675. The first-order valence-electron chi connectivity index (χ1n) is 8.72. The molecule has 0 atom stereocenters. The molecule has 1 heterocycles. The average molecular weight is 421 g/mol. The van der Waals surface area contributed by atoms with Crippen LogP contribution >= 0.6 is 0 Å². The predicted molar refractivity (Wildman–Crippen MR) is 103 cm³/mol. The summed E-state index contributed by atoms with van der Waals surface area (Å²) in [5.74, 6) is -0.644. The molecular formula is C17H29ClN4O4S. The number of nitrogens with zero attached hydrogens (tertiary/aromatic N) is 2. The van der Waals surface area contributed by atoms with Crippen LogP contribution < -0.4 is 22.4 Å². The number of amides is 1. The van der Waals surface area contributed by atoms with Crippen molar-refractivity contribution in [3.05, 3.63) is 18.2 Å². The van der Waals surface area contributed by atoms with Gasteiger partial charge in [0, 0.05) is 26.4 Å². The van der Waals surface area contributed by atoms with Crippen LogP contribution in [0.1, 0.15) is 13.3 Å². The number of carbonyl (C=O) groups excluding carboxylic acids is 1. The number of hydrogen-bond acceptors (Lipinski definition) is 5. The second-order valence-corrected chi connectivity index (χ2v) is 9.09. The number of nitrogens with one attached hydrogen (secondary N) is 2. The lowest BCUT2D eigenvalue weighted by molar-refractivity contribution is -0.913. The van der Waals surface area contributed by atoms with E-state index in [-0.39, 0.29) is 41.2 Å². The topological polar surface area (TPSA) is 98.7 Å². The molecule has 0 radical (unpaired) electrons. The van der Waals surface area contributed by atoms with Crippen molar-refractivity contribution in [3.8, 4) is 5.75 Å². The fraction of sp³-hybridized carbons (Fsp3) is 0.588. The monoisotopic (exact) mass is 420 g/mol. The van der Waals surface area contributed by atoms with Crippen LogP contribution in [-0.2, 0) is 14.8 Å². The molecule has 0 unspecified atom stereocenters. The van der Waals surface area contributed by atoms with E-state index in [4.69, 9.17) is 0 Å². The fourth-order valence-electron chi connectivity index (χ4n) is 3.04. The number of sulfonamides is 1. The summed E-state index contributed by atoms with van der Waals surface area (Å²) < 4.78 is 28.0. The quantitative estimate of drug-likeness (QED) is 0.346. The van der Waals surface area contributed by atoms with Gasteiger partial charge in [0.2, 0.25) is 15.9 Å². The first kappa shape index (κ1) is 23.5. The predicted octanol–water partition coefficient (Wildman–Crippen LogP) is -2.12. The molecule has 3 N–H and O–H groups in total. The number of hydrogen-bond donors (Lipinski definition) is 3. The van der Waals surface area contributed by atoms with Crippen molar-refractivity contribution >= 4 is 27.3 Å². The highest BCUT2D eigenvalue weighted by Crippen LogP contribution is 2.32. The number of benzene rings is 1. The molecular weight excluding hydrogens is 392 g/mol. The summed E-state index contributed by atoms with van der Waals surface area (Å²) in [5, 5.41) is 12.6. The molecule has 1 aromatic rings. The lowest BCUT2D eigenvalue weighted by Crippen LogP contribution is -3.00. The minimum Gasteiger partial charge on any atom is -1.00 e. The maximum absolute atomic E-state index is 12.4. The van der Waals surface area contributed by atoms with Crippen LogP contribution in [0.2, 0.25) is 0 Å². The highest BCUT2D eigenvalue weighted by atomic mass is 35.5. The van der Waals surface area contributed by atoms with Crippen molar-refractivity contribution < 1.29 is 35.2 Å². The number of rotatable bonds is 7. The van der Waals surface area contributed by atoms with Gasteiger partial charge in [-0.25, -0.2) is 8.42 Å². The molecule has 1 fully saturated rings. The van der Waals surface area contributed by atoms with Crippen molar-refractivity contribution in [2.75, 3.05) is 62.6 Å². The Bertz CT molecular complexity index is 749. The highest BCUT2D eigenvalue weighted by molar-refractivity contribution is 7.92. The molecule has 8 nitrogen and oxygen atoms in total. The zero-order valence-corrected chi connectivity index (χ0v) is 17.6. The summed E-state index contributed by atoms with van der Waals surface area (Å²) >= 11 is 0. The maximum atomic E-state index is 12.4. The van der Waals surface area contributed by atoms with Gasteiger partial charge in [0.05, 0.1) is 43.8 Å². The lowest BCUT2D eigenvalue weighted by Gasteiger charge is -2.41. The summed E-state index contributed by atoms with van der Waals surface area (Å²) in [6, 6.07) is 4.54. The summed E-state index contributed by atoms with van der Waals surface area (Å²) in [6.07, 6.45) is 0.543. The van der Waals surface area contributed by atoms with Crippen LogP contribution in [0.15, 0.2) is 18.2 Å². The molecule has 0 aromatic heterocycles. The van der Waals surface area contributed by atoms with Gasteiger partial charge in [-0.3, -0.25) is 14.4 Å². The molecule has 1 aliphatic heterocycles. The van der Waals surface area contributed by atoms with Gasteiger partial charge < -0.3 is 27.3 Å². The Labute approximate surface area is 167 Å². The fourth-order valence-corrected chi connectivity index (χ4v) is 4.15. The second-order valence-electron chi connectivity index (χ2n) is 7.25. The molecule has 1 saturated heterocycles. The lowest BCUT2D eigenvalue weighted by atomic mass is 10.2. The normalized spacial score (nSPS) is 17.0. The Kier molecular flexibility index (Phi) is 8.34. The van der Waals surface area contributed by atoms with Crippen LogP contribution in [0.5, 0.6) is 5.75 Å². The van der Waals surface area contributed by atoms with Crippen molar-refractivity contribution in [3.63, 3.8) is 0 Å². The molecule has 0 spiro atoms. The second kappa shape index (κ2) is 9.59. The minimum atomic E-state index is -3.58. The number of piperazine rings is 1. The third kappa shape index (κ3) is 7.17. The molecule has 0 aliphatic carbocycles. The zero-order chi connectivity index (χ0) is 19.4. The van der Waals surface area contributed by atoms with E-state index >= 15 is 0 Å². The minimum absolute atomic E-state index is 0. The Morgan fingerprint density at radius 2 is 1.85 bits per heavy atom. The van der Waals surface area contributed by atoms with E-state index in [0.717, 1.165) is 37.2 Å². The maximum Gasteiger partial charge on any atom is 0.233 e. The van der Waals surface area contributed by atoms with E-state index in [1.54, 1.807) is 6.07 Å². The first-order chi connectivity index (χ1) is 12.1. The number of phenolic OH excluding ortho intramolecular Hbond substituents is 1. The highest BCUT2D eigenvalue weighted by Gasteiger charge is 2.27. The standard InChI is InChI=1S/C17H28N4O4S.ClH/c1-14(22)18-15-6-4-7-16(17(15)23)19-26(24,25)13-5-10-21(3)11-8-20(2)9-12-21;/h4,6-7,19H,5,8-13H2,1-3H3,(H-,18,22,23);1H. The van der Waals surface area contributed by atoms with Crippen molar-refractivity contribution in [1.82, 2.24) is 4.90 Å². The van der Waals surface area contributed by atoms with Crippen LogP contribution in [-0.4, -0.2) is 81.4 Å². The number of quaternary nitrogens is 1. The van der Waals surface area contributed by atoms with Crippen molar-refractivity contribution in [2.24, 2.45) is 0 Å². The number of aromatic hydroxyl groups is 1. The summed E-state index contributed by atoms with van der Waals surface area (Å²) in [5.41, 5.74) is 0.240. The van der Waals surface area contributed by atoms with Gasteiger partial charge in [-0.1, -0.05) is 6.07 Å². The Hall–Kier alpha value is -1.55. The molecule has 1 aliphatic rings. The molecule has 0 saturated carbocycles.